The Hall–Kier alpha value is -1.39. The number of aryl methyl sites for hydroxylation is 1. The number of hydrogen-bond donors (Lipinski definition) is 1. The molecule has 1 unspecified atom stereocenters. The summed E-state index contributed by atoms with van der Waals surface area (Å²) < 4.78 is 27.1. The van der Waals surface area contributed by atoms with E-state index in [2.05, 4.69) is 0 Å². The summed E-state index contributed by atoms with van der Waals surface area (Å²) in [5.74, 6) is -0.741. The Balaban J connectivity index is 2.05. The monoisotopic (exact) mass is 279 g/mol. The van der Waals surface area contributed by atoms with Crippen LogP contribution >= 0.6 is 11.8 Å². The molecule has 19 heavy (non-hydrogen) atoms. The zero-order chi connectivity index (χ0) is 13.8. The van der Waals surface area contributed by atoms with Gasteiger partial charge in [-0.2, -0.15) is 0 Å². The lowest BCUT2D eigenvalue weighted by Crippen LogP contribution is -2.16. The predicted molar refractivity (Wildman–Crippen MR) is 75.2 cm³/mol. The van der Waals surface area contributed by atoms with Gasteiger partial charge in [-0.25, -0.2) is 8.78 Å². The lowest BCUT2D eigenvalue weighted by atomic mass is 10.1. The van der Waals surface area contributed by atoms with Crippen LogP contribution < -0.4 is 5.73 Å². The second-order valence-electron chi connectivity index (χ2n) is 4.37. The Labute approximate surface area is 115 Å². The molecule has 2 aromatic rings. The average Bonchev–Trinajstić information content (AvgIpc) is 2.38. The fraction of sp³-hybridized carbons (Fsp3) is 0.200. The van der Waals surface area contributed by atoms with E-state index in [9.17, 15) is 8.78 Å². The minimum atomic E-state index is -0.660. The summed E-state index contributed by atoms with van der Waals surface area (Å²) in [6, 6.07) is 11.1. The van der Waals surface area contributed by atoms with Gasteiger partial charge in [0.2, 0.25) is 0 Å². The van der Waals surface area contributed by atoms with Crippen molar-refractivity contribution in [3.63, 3.8) is 0 Å². The van der Waals surface area contributed by atoms with Crippen LogP contribution in [0.2, 0.25) is 0 Å². The smallest absolute Gasteiger partial charge is 0.130 e. The molecule has 0 heterocycles. The molecule has 0 spiro atoms. The maximum Gasteiger partial charge on any atom is 0.130 e. The molecule has 0 saturated heterocycles. The third-order valence-electron chi connectivity index (χ3n) is 2.82. The van der Waals surface area contributed by atoms with Gasteiger partial charge in [0.1, 0.15) is 11.6 Å². The van der Waals surface area contributed by atoms with Gasteiger partial charge >= 0.3 is 0 Å². The quantitative estimate of drug-likeness (QED) is 0.854. The van der Waals surface area contributed by atoms with Crippen LogP contribution in [-0.4, -0.2) is 5.75 Å². The third-order valence-corrected chi connectivity index (χ3v) is 3.95. The van der Waals surface area contributed by atoms with Crippen molar-refractivity contribution >= 4 is 11.8 Å². The van der Waals surface area contributed by atoms with Gasteiger partial charge in [-0.05, 0) is 31.2 Å². The van der Waals surface area contributed by atoms with Crippen LogP contribution in [0.4, 0.5) is 8.78 Å². The second-order valence-corrected chi connectivity index (χ2v) is 5.46. The molecule has 100 valence electrons. The Kier molecular flexibility index (Phi) is 4.56. The van der Waals surface area contributed by atoms with E-state index < -0.39 is 17.7 Å². The van der Waals surface area contributed by atoms with E-state index in [-0.39, 0.29) is 5.56 Å². The van der Waals surface area contributed by atoms with Gasteiger partial charge in [0.25, 0.3) is 0 Å². The zero-order valence-corrected chi connectivity index (χ0v) is 11.4. The molecule has 2 rings (SSSR count). The highest BCUT2D eigenvalue weighted by atomic mass is 32.2. The molecule has 0 aliphatic rings. The average molecular weight is 279 g/mol. The fourth-order valence-electron chi connectivity index (χ4n) is 1.77. The Morgan fingerprint density at radius 1 is 1.05 bits per heavy atom. The maximum absolute atomic E-state index is 13.6. The number of benzene rings is 2. The van der Waals surface area contributed by atoms with Crippen molar-refractivity contribution in [2.75, 3.05) is 5.75 Å². The van der Waals surface area contributed by atoms with Crippen molar-refractivity contribution < 1.29 is 8.78 Å². The molecule has 1 atom stereocenters. The first-order valence-electron chi connectivity index (χ1n) is 5.97. The van der Waals surface area contributed by atoms with Gasteiger partial charge in [0.05, 0.1) is 0 Å². The molecule has 2 N–H and O–H groups in total. The predicted octanol–water partition coefficient (Wildman–Crippen LogP) is 4.07. The first kappa shape index (κ1) is 14.0. The van der Waals surface area contributed by atoms with Crippen molar-refractivity contribution in [1.82, 2.24) is 0 Å². The van der Waals surface area contributed by atoms with Crippen LogP contribution in [0.3, 0.4) is 0 Å². The largest absolute Gasteiger partial charge is 0.323 e. The third kappa shape index (κ3) is 3.55. The molecule has 0 fully saturated rings. The highest BCUT2D eigenvalue weighted by molar-refractivity contribution is 7.99. The van der Waals surface area contributed by atoms with Crippen LogP contribution in [-0.2, 0) is 0 Å². The van der Waals surface area contributed by atoms with Crippen LogP contribution in [0.1, 0.15) is 17.2 Å². The van der Waals surface area contributed by atoms with Gasteiger partial charge < -0.3 is 5.73 Å². The number of hydrogen-bond acceptors (Lipinski definition) is 2. The molecule has 1 nitrogen and oxygen atoms in total. The number of thioether (sulfide) groups is 1. The van der Waals surface area contributed by atoms with Crippen LogP contribution in [0.5, 0.6) is 0 Å². The van der Waals surface area contributed by atoms with E-state index in [1.54, 1.807) is 0 Å². The molecule has 0 aromatic heterocycles. The molecule has 0 bridgehead atoms. The maximum atomic E-state index is 13.6. The molecule has 0 saturated carbocycles. The molecule has 0 aliphatic heterocycles. The first-order chi connectivity index (χ1) is 9.08. The molecule has 0 radical (unpaired) electrons. The first-order valence-corrected chi connectivity index (χ1v) is 6.95. The fourth-order valence-corrected chi connectivity index (χ4v) is 2.64. The lowest BCUT2D eigenvalue weighted by molar-refractivity contribution is 0.538. The highest BCUT2D eigenvalue weighted by Crippen LogP contribution is 2.26. The summed E-state index contributed by atoms with van der Waals surface area (Å²) in [7, 11) is 0. The van der Waals surface area contributed by atoms with Crippen molar-refractivity contribution in [2.45, 2.75) is 17.9 Å². The zero-order valence-electron chi connectivity index (χ0n) is 10.6. The summed E-state index contributed by atoms with van der Waals surface area (Å²) in [6.07, 6.45) is 0. The van der Waals surface area contributed by atoms with E-state index in [0.29, 0.717) is 5.75 Å². The molecule has 2 aromatic carbocycles. The van der Waals surface area contributed by atoms with Gasteiger partial charge in [-0.1, -0.05) is 23.8 Å². The topological polar surface area (TPSA) is 26.0 Å². The van der Waals surface area contributed by atoms with Gasteiger partial charge in [0.15, 0.2) is 0 Å². The Bertz CT molecular complexity index is 534. The van der Waals surface area contributed by atoms with Crippen LogP contribution in [0.25, 0.3) is 0 Å². The summed E-state index contributed by atoms with van der Waals surface area (Å²) in [6.45, 7) is 2.01. The SMILES string of the molecule is Cc1ccc(SCC(N)c2c(F)cccc2F)cc1. The molecule has 0 amide bonds. The summed E-state index contributed by atoms with van der Waals surface area (Å²) in [4.78, 5) is 1.04. The second kappa shape index (κ2) is 6.17. The van der Waals surface area contributed by atoms with Crippen molar-refractivity contribution in [2.24, 2.45) is 5.73 Å². The van der Waals surface area contributed by atoms with E-state index >= 15 is 0 Å². The number of halogens is 2. The van der Waals surface area contributed by atoms with Gasteiger partial charge in [0, 0.05) is 22.3 Å². The highest BCUT2D eigenvalue weighted by Gasteiger charge is 2.16. The van der Waals surface area contributed by atoms with Crippen molar-refractivity contribution in [3.8, 4) is 0 Å². The van der Waals surface area contributed by atoms with Crippen molar-refractivity contribution in [1.29, 1.82) is 0 Å². The van der Waals surface area contributed by atoms with E-state index in [1.807, 2.05) is 31.2 Å². The van der Waals surface area contributed by atoms with Crippen LogP contribution in [0.15, 0.2) is 47.4 Å². The lowest BCUT2D eigenvalue weighted by Gasteiger charge is -2.13. The van der Waals surface area contributed by atoms with E-state index in [4.69, 9.17) is 5.73 Å². The van der Waals surface area contributed by atoms with Gasteiger partial charge in [-0.3, -0.25) is 0 Å². The Morgan fingerprint density at radius 2 is 1.63 bits per heavy atom. The number of nitrogens with two attached hydrogens (primary N) is 1. The Morgan fingerprint density at radius 3 is 2.21 bits per heavy atom. The summed E-state index contributed by atoms with van der Waals surface area (Å²) >= 11 is 1.49. The van der Waals surface area contributed by atoms with E-state index in [0.717, 1.165) is 4.90 Å². The van der Waals surface area contributed by atoms with Crippen molar-refractivity contribution in [3.05, 3.63) is 65.2 Å². The standard InChI is InChI=1S/C15H15F2NS/c1-10-5-7-11(8-6-10)19-9-14(18)15-12(16)3-2-4-13(15)17/h2-8,14H,9,18H2,1H3. The normalized spacial score (nSPS) is 12.4. The minimum Gasteiger partial charge on any atom is -0.323 e. The van der Waals surface area contributed by atoms with Crippen LogP contribution in [0, 0.1) is 18.6 Å². The molecule has 4 heteroatoms. The minimum absolute atomic E-state index is 0.0397. The van der Waals surface area contributed by atoms with E-state index in [1.165, 1.54) is 35.5 Å². The molecule has 0 aliphatic carbocycles. The summed E-state index contributed by atoms with van der Waals surface area (Å²) in [5.41, 5.74) is 7.01. The molecular formula is C15H15F2NS. The summed E-state index contributed by atoms with van der Waals surface area (Å²) in [5, 5.41) is 0. The van der Waals surface area contributed by atoms with Gasteiger partial charge in [-0.15, -0.1) is 11.8 Å². The molecular weight excluding hydrogens is 264 g/mol. The number of rotatable bonds is 4.